The number of aromatic nitrogens is 1. The molecule has 3 N–H and O–H groups in total. The maximum Gasteiger partial charge on any atom is 0.274 e. The molecule has 118 valence electrons. The maximum absolute atomic E-state index is 12.1. The number of nitrogens with zero attached hydrogens (tertiary/aromatic N) is 1. The second kappa shape index (κ2) is 7.77. The SMILES string of the molecule is Cc1ccn(C)c(=O)c1NC(=O)CC(N)c1ccccc1.Cl. The van der Waals surface area contributed by atoms with Crippen LogP contribution in [-0.4, -0.2) is 10.5 Å². The number of anilines is 1. The molecular weight excluding hydrogens is 302 g/mol. The monoisotopic (exact) mass is 321 g/mol. The van der Waals surface area contributed by atoms with Crippen molar-refractivity contribution in [3.8, 4) is 0 Å². The van der Waals surface area contributed by atoms with E-state index in [2.05, 4.69) is 5.32 Å². The third-order valence-corrected chi connectivity index (χ3v) is 3.37. The Balaban J connectivity index is 0.00000242. The lowest BCUT2D eigenvalue weighted by molar-refractivity contribution is -0.116. The summed E-state index contributed by atoms with van der Waals surface area (Å²) in [6, 6.07) is 10.8. The fraction of sp³-hybridized carbons (Fsp3) is 0.250. The third kappa shape index (κ3) is 4.19. The highest BCUT2D eigenvalue weighted by molar-refractivity contribution is 5.91. The molecular formula is C16H20ClN3O2. The van der Waals surface area contributed by atoms with Gasteiger partial charge < -0.3 is 15.6 Å². The first-order chi connectivity index (χ1) is 9.99. The number of nitrogens with two attached hydrogens (primary N) is 1. The number of halogens is 1. The van der Waals surface area contributed by atoms with Crippen LogP contribution in [0.1, 0.15) is 23.6 Å². The largest absolute Gasteiger partial charge is 0.324 e. The highest BCUT2D eigenvalue weighted by Gasteiger charge is 2.14. The normalized spacial score (nSPS) is 11.4. The molecule has 0 fully saturated rings. The van der Waals surface area contributed by atoms with Gasteiger partial charge in [0, 0.05) is 25.7 Å². The van der Waals surface area contributed by atoms with E-state index in [1.165, 1.54) is 4.57 Å². The summed E-state index contributed by atoms with van der Waals surface area (Å²) >= 11 is 0. The predicted molar refractivity (Wildman–Crippen MR) is 90.3 cm³/mol. The van der Waals surface area contributed by atoms with Gasteiger partial charge in [0.1, 0.15) is 5.69 Å². The first-order valence-corrected chi connectivity index (χ1v) is 6.75. The van der Waals surface area contributed by atoms with Crippen LogP contribution in [0, 0.1) is 6.92 Å². The van der Waals surface area contributed by atoms with Gasteiger partial charge in [-0.05, 0) is 24.1 Å². The van der Waals surface area contributed by atoms with Crippen LogP contribution < -0.4 is 16.6 Å². The van der Waals surface area contributed by atoms with Gasteiger partial charge in [0.05, 0.1) is 0 Å². The first-order valence-electron chi connectivity index (χ1n) is 6.75. The Morgan fingerprint density at radius 3 is 2.55 bits per heavy atom. The Morgan fingerprint density at radius 1 is 1.27 bits per heavy atom. The Bertz CT molecular complexity index is 698. The molecule has 1 unspecified atom stereocenters. The number of hydrogen-bond donors (Lipinski definition) is 2. The molecule has 1 amide bonds. The molecule has 2 aromatic rings. The maximum atomic E-state index is 12.1. The first kappa shape index (κ1) is 17.9. The second-order valence-corrected chi connectivity index (χ2v) is 5.06. The predicted octanol–water partition coefficient (Wildman–Crippen LogP) is 2.14. The van der Waals surface area contributed by atoms with Crippen molar-refractivity contribution in [3.63, 3.8) is 0 Å². The number of carbonyl (C=O) groups excluding carboxylic acids is 1. The van der Waals surface area contributed by atoms with E-state index in [1.807, 2.05) is 30.3 Å². The summed E-state index contributed by atoms with van der Waals surface area (Å²) in [5.74, 6) is -0.266. The van der Waals surface area contributed by atoms with Crippen molar-refractivity contribution in [2.45, 2.75) is 19.4 Å². The molecule has 0 aliphatic carbocycles. The molecule has 0 bridgehead atoms. The highest BCUT2D eigenvalue weighted by atomic mass is 35.5. The molecule has 1 atom stereocenters. The Morgan fingerprint density at radius 2 is 1.91 bits per heavy atom. The molecule has 1 aromatic heterocycles. The molecule has 1 heterocycles. The molecule has 22 heavy (non-hydrogen) atoms. The molecule has 0 saturated heterocycles. The minimum Gasteiger partial charge on any atom is -0.324 e. The Kier molecular flexibility index (Phi) is 6.34. The van der Waals surface area contributed by atoms with E-state index < -0.39 is 0 Å². The van der Waals surface area contributed by atoms with E-state index in [0.717, 1.165) is 11.1 Å². The molecule has 1 aromatic carbocycles. The summed E-state index contributed by atoms with van der Waals surface area (Å²) in [5.41, 5.74) is 7.73. The van der Waals surface area contributed by atoms with E-state index in [1.54, 1.807) is 26.2 Å². The quantitative estimate of drug-likeness (QED) is 0.905. The molecule has 5 nitrogen and oxygen atoms in total. The summed E-state index contributed by atoms with van der Waals surface area (Å²) in [6.45, 7) is 1.79. The van der Waals surface area contributed by atoms with Crippen molar-refractivity contribution in [3.05, 3.63) is 64.1 Å². The second-order valence-electron chi connectivity index (χ2n) is 5.06. The van der Waals surface area contributed by atoms with Crippen molar-refractivity contribution < 1.29 is 4.79 Å². The van der Waals surface area contributed by atoms with Gasteiger partial charge in [-0.25, -0.2) is 0 Å². The lowest BCUT2D eigenvalue weighted by Gasteiger charge is -2.13. The van der Waals surface area contributed by atoms with E-state index in [4.69, 9.17) is 5.73 Å². The van der Waals surface area contributed by atoms with Crippen molar-refractivity contribution in [1.29, 1.82) is 0 Å². The van der Waals surface area contributed by atoms with Gasteiger partial charge in [-0.1, -0.05) is 30.3 Å². The Hall–Kier alpha value is -2.11. The van der Waals surface area contributed by atoms with Crippen LogP contribution in [0.15, 0.2) is 47.4 Å². The molecule has 2 rings (SSSR count). The van der Waals surface area contributed by atoms with Crippen molar-refractivity contribution in [1.82, 2.24) is 4.57 Å². The lowest BCUT2D eigenvalue weighted by Crippen LogP contribution is -2.27. The standard InChI is InChI=1S/C16H19N3O2.ClH/c1-11-8-9-19(2)16(21)15(11)18-14(20)10-13(17)12-6-4-3-5-7-12;/h3-9,13H,10,17H2,1-2H3,(H,18,20);1H. The zero-order chi connectivity index (χ0) is 15.4. The Labute approximate surface area is 135 Å². The number of benzene rings is 1. The number of nitrogens with one attached hydrogen (secondary N) is 1. The summed E-state index contributed by atoms with van der Waals surface area (Å²) in [4.78, 5) is 24.1. The van der Waals surface area contributed by atoms with E-state index in [0.29, 0.717) is 5.69 Å². The van der Waals surface area contributed by atoms with E-state index in [-0.39, 0.29) is 36.3 Å². The van der Waals surface area contributed by atoms with Gasteiger partial charge in [0.25, 0.3) is 5.56 Å². The van der Waals surface area contributed by atoms with Crippen LogP contribution in [0.2, 0.25) is 0 Å². The molecule has 0 spiro atoms. The van der Waals surface area contributed by atoms with Crippen LogP contribution in [-0.2, 0) is 11.8 Å². The molecule has 0 saturated carbocycles. The van der Waals surface area contributed by atoms with E-state index in [9.17, 15) is 9.59 Å². The number of rotatable bonds is 4. The van der Waals surface area contributed by atoms with Crippen molar-refractivity contribution >= 4 is 24.0 Å². The minimum atomic E-state index is -0.390. The average Bonchev–Trinajstić information content (AvgIpc) is 2.48. The van der Waals surface area contributed by atoms with Crippen LogP contribution in [0.4, 0.5) is 5.69 Å². The van der Waals surface area contributed by atoms with Crippen molar-refractivity contribution in [2.75, 3.05) is 5.32 Å². The van der Waals surface area contributed by atoms with Gasteiger partial charge in [-0.3, -0.25) is 9.59 Å². The van der Waals surface area contributed by atoms with Crippen LogP contribution in [0.25, 0.3) is 0 Å². The topological polar surface area (TPSA) is 77.1 Å². The number of aryl methyl sites for hydroxylation is 2. The number of pyridine rings is 1. The average molecular weight is 322 g/mol. The minimum absolute atomic E-state index is 0. The third-order valence-electron chi connectivity index (χ3n) is 3.37. The number of carbonyl (C=O) groups is 1. The smallest absolute Gasteiger partial charge is 0.274 e. The molecule has 0 aliphatic rings. The number of amides is 1. The van der Waals surface area contributed by atoms with Crippen LogP contribution in [0.3, 0.4) is 0 Å². The summed E-state index contributed by atoms with van der Waals surface area (Å²) in [7, 11) is 1.65. The summed E-state index contributed by atoms with van der Waals surface area (Å²) in [5, 5.41) is 2.67. The number of hydrogen-bond acceptors (Lipinski definition) is 3. The fourth-order valence-corrected chi connectivity index (χ4v) is 2.08. The zero-order valence-corrected chi connectivity index (χ0v) is 13.4. The summed E-state index contributed by atoms with van der Waals surface area (Å²) in [6.07, 6.45) is 1.80. The zero-order valence-electron chi connectivity index (χ0n) is 12.6. The lowest BCUT2D eigenvalue weighted by atomic mass is 10.0. The fourth-order valence-electron chi connectivity index (χ4n) is 2.08. The van der Waals surface area contributed by atoms with Gasteiger partial charge >= 0.3 is 0 Å². The molecule has 0 aliphatic heterocycles. The van der Waals surface area contributed by atoms with Crippen LogP contribution >= 0.6 is 12.4 Å². The van der Waals surface area contributed by atoms with Gasteiger partial charge in [-0.15, -0.1) is 12.4 Å². The van der Waals surface area contributed by atoms with Gasteiger partial charge in [0.2, 0.25) is 5.91 Å². The van der Waals surface area contributed by atoms with E-state index >= 15 is 0 Å². The molecule has 0 radical (unpaired) electrons. The highest BCUT2D eigenvalue weighted by Crippen LogP contribution is 2.15. The van der Waals surface area contributed by atoms with Crippen LogP contribution in [0.5, 0.6) is 0 Å². The van der Waals surface area contributed by atoms with Crippen molar-refractivity contribution in [2.24, 2.45) is 12.8 Å². The molecule has 6 heteroatoms. The van der Waals surface area contributed by atoms with Gasteiger partial charge in [0.15, 0.2) is 0 Å². The summed E-state index contributed by atoms with van der Waals surface area (Å²) < 4.78 is 1.43. The van der Waals surface area contributed by atoms with Gasteiger partial charge in [-0.2, -0.15) is 0 Å².